The molecule has 1 saturated carbocycles. The summed E-state index contributed by atoms with van der Waals surface area (Å²) >= 11 is 0. The average Bonchev–Trinajstić information content (AvgIpc) is 2.84. The number of carbonyl (C=O) groups is 1. The van der Waals surface area contributed by atoms with Crippen molar-refractivity contribution in [2.75, 3.05) is 0 Å². The Morgan fingerprint density at radius 2 is 1.64 bits per heavy atom. The van der Waals surface area contributed by atoms with Crippen LogP contribution in [-0.4, -0.2) is 10.4 Å². The molecule has 1 fully saturated rings. The van der Waals surface area contributed by atoms with Gasteiger partial charge in [0.15, 0.2) is 5.78 Å². The van der Waals surface area contributed by atoms with Crippen molar-refractivity contribution in [3.05, 3.63) is 36.0 Å². The molecule has 0 spiro atoms. The van der Waals surface area contributed by atoms with Gasteiger partial charge in [0.25, 0.3) is 0 Å². The quantitative estimate of drug-likeness (QED) is 0.398. The zero-order valence-corrected chi connectivity index (χ0v) is 16.6. The fraction of sp³-hybridized carbons (Fsp3) is 0.609. The van der Waals surface area contributed by atoms with E-state index in [1.807, 2.05) is 6.07 Å². The number of nitrogens with zero attached hydrogens (tertiary/aromatic N) is 1. The number of rotatable bonds is 8. The summed E-state index contributed by atoms with van der Waals surface area (Å²) < 4.78 is 2.30. The second-order valence-electron chi connectivity index (χ2n) is 8.91. The summed E-state index contributed by atoms with van der Waals surface area (Å²) in [5.74, 6) is 0.458. The molecule has 1 aliphatic carbocycles. The van der Waals surface area contributed by atoms with Gasteiger partial charge in [-0.25, -0.2) is 0 Å². The Labute approximate surface area is 152 Å². The normalized spacial score (nSPS) is 18.6. The maximum atomic E-state index is 13.3. The van der Waals surface area contributed by atoms with Crippen LogP contribution in [0, 0.1) is 16.7 Å². The van der Waals surface area contributed by atoms with Crippen molar-refractivity contribution < 1.29 is 4.79 Å². The van der Waals surface area contributed by atoms with Gasteiger partial charge in [-0.2, -0.15) is 0 Å². The summed E-state index contributed by atoms with van der Waals surface area (Å²) in [5.41, 5.74) is 2.31. The number of aromatic nitrogens is 1. The van der Waals surface area contributed by atoms with Gasteiger partial charge >= 0.3 is 0 Å². The van der Waals surface area contributed by atoms with Crippen molar-refractivity contribution in [2.45, 2.75) is 73.3 Å². The van der Waals surface area contributed by atoms with Crippen LogP contribution in [0.1, 0.15) is 77.1 Å². The lowest BCUT2D eigenvalue weighted by Crippen LogP contribution is -2.07. The Hall–Kier alpha value is -1.57. The molecule has 3 rings (SSSR count). The molecule has 2 aromatic rings. The van der Waals surface area contributed by atoms with Crippen LogP contribution < -0.4 is 0 Å². The third-order valence-corrected chi connectivity index (χ3v) is 6.84. The molecule has 0 saturated heterocycles. The summed E-state index contributed by atoms with van der Waals surface area (Å²) in [4.78, 5) is 13.3. The first-order valence-corrected chi connectivity index (χ1v) is 9.94. The van der Waals surface area contributed by atoms with Crippen molar-refractivity contribution in [1.82, 2.24) is 4.57 Å². The Morgan fingerprint density at radius 3 is 2.28 bits per heavy atom. The molecular weight excluding hydrogens is 306 g/mol. The summed E-state index contributed by atoms with van der Waals surface area (Å²) in [5, 5.41) is 1.12. The SMILES string of the molecule is CCCCCCCn1cc(C(=O)C2C(C)(C)C2(C)C)c2ccccc21. The molecule has 0 N–H and O–H groups in total. The molecule has 0 unspecified atom stereocenters. The number of benzene rings is 1. The zero-order valence-electron chi connectivity index (χ0n) is 16.6. The number of hydrogen-bond donors (Lipinski definition) is 0. The Bertz CT molecular complexity index is 751. The second-order valence-corrected chi connectivity index (χ2v) is 8.91. The molecule has 0 radical (unpaired) electrons. The van der Waals surface area contributed by atoms with Crippen LogP contribution in [0.2, 0.25) is 0 Å². The third kappa shape index (κ3) is 3.05. The molecule has 1 aromatic carbocycles. The summed E-state index contributed by atoms with van der Waals surface area (Å²) in [7, 11) is 0. The molecule has 1 heterocycles. The van der Waals surface area contributed by atoms with Gasteiger partial charge in [0.05, 0.1) is 0 Å². The van der Waals surface area contributed by atoms with Gasteiger partial charge in [0.1, 0.15) is 0 Å². The third-order valence-electron chi connectivity index (χ3n) is 6.84. The van der Waals surface area contributed by atoms with E-state index in [1.165, 1.54) is 37.6 Å². The van der Waals surface area contributed by atoms with Gasteiger partial charge in [-0.05, 0) is 23.3 Å². The summed E-state index contributed by atoms with van der Waals surface area (Å²) in [6.07, 6.45) is 8.49. The first kappa shape index (κ1) is 18.2. The topological polar surface area (TPSA) is 22.0 Å². The number of ketones is 1. The van der Waals surface area contributed by atoms with E-state index in [9.17, 15) is 4.79 Å². The molecule has 136 valence electrons. The summed E-state index contributed by atoms with van der Waals surface area (Å²) in [6.45, 7) is 12.2. The molecular formula is C23H33NO. The minimum Gasteiger partial charge on any atom is -0.347 e. The van der Waals surface area contributed by atoms with Crippen LogP contribution in [0.3, 0.4) is 0 Å². The number of hydrogen-bond acceptors (Lipinski definition) is 1. The maximum absolute atomic E-state index is 13.3. The first-order valence-electron chi connectivity index (χ1n) is 9.94. The number of aryl methyl sites for hydroxylation is 1. The standard InChI is InChI=1S/C23H33NO/c1-6-7-8-9-12-15-24-16-18(17-13-10-11-14-19(17)24)20(25)21-22(2,3)23(21,4)5/h10-11,13-14,16,21H,6-9,12,15H2,1-5H3. The molecule has 0 amide bonds. The van der Waals surface area contributed by atoms with E-state index in [-0.39, 0.29) is 16.7 Å². The van der Waals surface area contributed by atoms with Crippen molar-refractivity contribution >= 4 is 16.7 Å². The Morgan fingerprint density at radius 1 is 1.00 bits per heavy atom. The van der Waals surface area contributed by atoms with Crippen molar-refractivity contribution in [3.8, 4) is 0 Å². The summed E-state index contributed by atoms with van der Waals surface area (Å²) in [6, 6.07) is 8.39. The van der Waals surface area contributed by atoms with E-state index in [1.54, 1.807) is 0 Å². The van der Waals surface area contributed by atoms with E-state index < -0.39 is 0 Å². The van der Waals surface area contributed by atoms with Crippen LogP contribution in [0.15, 0.2) is 30.5 Å². The van der Waals surface area contributed by atoms with E-state index >= 15 is 0 Å². The van der Waals surface area contributed by atoms with Crippen LogP contribution in [-0.2, 0) is 6.54 Å². The molecule has 0 atom stereocenters. The van der Waals surface area contributed by atoms with E-state index in [0.29, 0.717) is 5.78 Å². The lowest BCUT2D eigenvalue weighted by atomic mass is 10.0. The highest BCUT2D eigenvalue weighted by Crippen LogP contribution is 2.69. The number of fused-ring (bicyclic) bond motifs is 1. The van der Waals surface area contributed by atoms with Gasteiger partial charge in [0, 0.05) is 35.1 Å². The molecule has 1 aromatic heterocycles. The monoisotopic (exact) mass is 339 g/mol. The number of Topliss-reactive ketones (excluding diaryl/α,β-unsaturated/α-hetero) is 1. The highest BCUT2D eigenvalue weighted by Gasteiger charge is 2.68. The average molecular weight is 340 g/mol. The lowest BCUT2D eigenvalue weighted by molar-refractivity contribution is 0.0946. The first-order chi connectivity index (χ1) is 11.8. The van der Waals surface area contributed by atoms with Crippen molar-refractivity contribution in [2.24, 2.45) is 16.7 Å². The predicted octanol–water partition coefficient (Wildman–Crippen LogP) is 6.48. The highest BCUT2D eigenvalue weighted by molar-refractivity contribution is 6.11. The number of para-hydroxylation sites is 1. The highest BCUT2D eigenvalue weighted by atomic mass is 16.1. The molecule has 0 bridgehead atoms. The fourth-order valence-corrected chi connectivity index (χ4v) is 4.52. The Kier molecular flexibility index (Phi) is 4.83. The van der Waals surface area contributed by atoms with Gasteiger partial charge < -0.3 is 4.57 Å². The van der Waals surface area contributed by atoms with Gasteiger partial charge in [-0.15, -0.1) is 0 Å². The van der Waals surface area contributed by atoms with E-state index in [0.717, 1.165) is 17.5 Å². The van der Waals surface area contributed by atoms with Crippen molar-refractivity contribution in [3.63, 3.8) is 0 Å². The van der Waals surface area contributed by atoms with Gasteiger partial charge in [0.2, 0.25) is 0 Å². The number of carbonyl (C=O) groups excluding carboxylic acids is 1. The van der Waals surface area contributed by atoms with Gasteiger partial charge in [-0.1, -0.05) is 78.5 Å². The minimum atomic E-state index is 0.0907. The molecule has 2 heteroatoms. The lowest BCUT2D eigenvalue weighted by Gasteiger charge is -2.05. The zero-order chi connectivity index (χ0) is 18.2. The van der Waals surface area contributed by atoms with Crippen molar-refractivity contribution in [1.29, 1.82) is 0 Å². The molecule has 2 nitrogen and oxygen atoms in total. The van der Waals surface area contributed by atoms with E-state index in [4.69, 9.17) is 0 Å². The maximum Gasteiger partial charge on any atom is 0.169 e. The fourth-order valence-electron chi connectivity index (χ4n) is 4.52. The second kappa shape index (κ2) is 6.63. The molecule has 1 aliphatic rings. The van der Waals surface area contributed by atoms with Crippen LogP contribution in [0.25, 0.3) is 10.9 Å². The minimum absolute atomic E-state index is 0.0907. The smallest absolute Gasteiger partial charge is 0.169 e. The van der Waals surface area contributed by atoms with Gasteiger partial charge in [-0.3, -0.25) is 4.79 Å². The van der Waals surface area contributed by atoms with Crippen LogP contribution >= 0.6 is 0 Å². The molecule has 0 aliphatic heterocycles. The van der Waals surface area contributed by atoms with Crippen LogP contribution in [0.5, 0.6) is 0 Å². The van der Waals surface area contributed by atoms with E-state index in [2.05, 4.69) is 63.6 Å². The number of unbranched alkanes of at least 4 members (excludes halogenated alkanes) is 4. The molecule has 25 heavy (non-hydrogen) atoms. The Balaban J connectivity index is 1.84. The largest absolute Gasteiger partial charge is 0.347 e. The van der Waals surface area contributed by atoms with Crippen LogP contribution in [0.4, 0.5) is 0 Å². The predicted molar refractivity (Wildman–Crippen MR) is 106 cm³/mol.